The van der Waals surface area contributed by atoms with Gasteiger partial charge >= 0.3 is 5.97 Å². The Kier molecular flexibility index (Phi) is 3.80. The topological polar surface area (TPSA) is 47.6 Å². The molecule has 1 aromatic carbocycles. The molecule has 0 aliphatic carbocycles. The minimum absolute atomic E-state index is 0.168. The number of hydrogen-bond donors (Lipinski definition) is 1. The van der Waals surface area contributed by atoms with Gasteiger partial charge in [0.05, 0.1) is 13.2 Å². The first-order valence-corrected chi connectivity index (χ1v) is 6.90. The van der Waals surface area contributed by atoms with Crippen LogP contribution in [0.25, 0.3) is 0 Å². The Hall–Kier alpha value is -1.39. The largest absolute Gasteiger partial charge is 0.464 e. The number of hydrogen-bond acceptors (Lipinski definition) is 4. The lowest BCUT2D eigenvalue weighted by atomic mass is 9.94. The lowest BCUT2D eigenvalue weighted by molar-refractivity contribution is -0.148. The number of esters is 1. The second-order valence-corrected chi connectivity index (χ2v) is 5.20. The van der Waals surface area contributed by atoms with Crippen LogP contribution in [0.1, 0.15) is 23.6 Å². The Morgan fingerprint density at radius 3 is 3.16 bits per heavy atom. The predicted octanol–water partition coefficient (Wildman–Crippen LogP) is 1.45. The van der Waals surface area contributed by atoms with E-state index in [0.29, 0.717) is 19.1 Å². The first kappa shape index (κ1) is 12.6. The number of fused-ring (bicyclic) bond motifs is 1. The van der Waals surface area contributed by atoms with Gasteiger partial charge in [0, 0.05) is 19.1 Å². The Morgan fingerprint density at radius 2 is 2.32 bits per heavy atom. The molecule has 1 fully saturated rings. The van der Waals surface area contributed by atoms with Crippen LogP contribution in [0.5, 0.6) is 0 Å². The summed E-state index contributed by atoms with van der Waals surface area (Å²) in [5, 5.41) is 3.24. The minimum atomic E-state index is -0.313. The van der Waals surface area contributed by atoms with Crippen molar-refractivity contribution in [3.63, 3.8) is 0 Å². The Morgan fingerprint density at radius 1 is 1.42 bits per heavy atom. The van der Waals surface area contributed by atoms with Crippen molar-refractivity contribution in [1.29, 1.82) is 0 Å². The van der Waals surface area contributed by atoms with Crippen molar-refractivity contribution >= 4 is 5.97 Å². The molecule has 2 aliphatic heterocycles. The molecule has 19 heavy (non-hydrogen) atoms. The highest BCUT2D eigenvalue weighted by Crippen LogP contribution is 2.24. The SMILES string of the molecule is O=C(OCC1CCOC1)C1NCCc2ccccc21. The molecule has 1 saturated heterocycles. The van der Waals surface area contributed by atoms with E-state index in [0.717, 1.165) is 31.6 Å². The van der Waals surface area contributed by atoms with Crippen molar-refractivity contribution < 1.29 is 14.3 Å². The Balaban J connectivity index is 1.64. The first-order chi connectivity index (χ1) is 9.34. The van der Waals surface area contributed by atoms with Crippen molar-refractivity contribution in [1.82, 2.24) is 5.32 Å². The highest BCUT2D eigenvalue weighted by Gasteiger charge is 2.28. The molecule has 0 amide bonds. The van der Waals surface area contributed by atoms with Crippen LogP contribution in [0.2, 0.25) is 0 Å². The summed E-state index contributed by atoms with van der Waals surface area (Å²) in [4.78, 5) is 12.2. The van der Waals surface area contributed by atoms with Crippen LogP contribution < -0.4 is 5.32 Å². The van der Waals surface area contributed by atoms with Gasteiger partial charge in [-0.1, -0.05) is 24.3 Å². The maximum absolute atomic E-state index is 12.2. The number of carbonyl (C=O) groups is 1. The third-order valence-electron chi connectivity index (χ3n) is 3.83. The molecular formula is C15H19NO3. The van der Waals surface area contributed by atoms with E-state index in [9.17, 15) is 4.79 Å². The summed E-state index contributed by atoms with van der Waals surface area (Å²) in [6, 6.07) is 7.76. The molecule has 2 heterocycles. The zero-order chi connectivity index (χ0) is 13.1. The van der Waals surface area contributed by atoms with Crippen LogP contribution in [0.4, 0.5) is 0 Å². The summed E-state index contributed by atoms with van der Waals surface area (Å²) in [7, 11) is 0. The summed E-state index contributed by atoms with van der Waals surface area (Å²) >= 11 is 0. The van der Waals surface area contributed by atoms with E-state index in [1.165, 1.54) is 5.56 Å². The van der Waals surface area contributed by atoms with Gasteiger partial charge in [-0.2, -0.15) is 0 Å². The molecule has 0 saturated carbocycles. The van der Waals surface area contributed by atoms with E-state index >= 15 is 0 Å². The normalized spacial score (nSPS) is 25.9. The van der Waals surface area contributed by atoms with Gasteiger partial charge in [-0.15, -0.1) is 0 Å². The van der Waals surface area contributed by atoms with Crippen LogP contribution in [0.3, 0.4) is 0 Å². The second-order valence-electron chi connectivity index (χ2n) is 5.20. The number of nitrogens with one attached hydrogen (secondary N) is 1. The molecule has 1 N–H and O–H groups in total. The van der Waals surface area contributed by atoms with Crippen LogP contribution in [0.15, 0.2) is 24.3 Å². The van der Waals surface area contributed by atoms with Gasteiger partial charge in [-0.25, -0.2) is 4.79 Å². The van der Waals surface area contributed by atoms with Crippen molar-refractivity contribution in [3.8, 4) is 0 Å². The minimum Gasteiger partial charge on any atom is -0.464 e. The van der Waals surface area contributed by atoms with Crippen LogP contribution in [0, 0.1) is 5.92 Å². The zero-order valence-corrected chi connectivity index (χ0v) is 10.9. The quantitative estimate of drug-likeness (QED) is 0.837. The fourth-order valence-electron chi connectivity index (χ4n) is 2.71. The summed E-state index contributed by atoms with van der Waals surface area (Å²) in [5.74, 6) is 0.196. The summed E-state index contributed by atoms with van der Waals surface area (Å²) in [5.41, 5.74) is 2.30. The van der Waals surface area contributed by atoms with E-state index in [1.807, 2.05) is 18.2 Å². The van der Waals surface area contributed by atoms with Gasteiger partial charge in [0.2, 0.25) is 0 Å². The van der Waals surface area contributed by atoms with E-state index in [2.05, 4.69) is 11.4 Å². The zero-order valence-electron chi connectivity index (χ0n) is 10.9. The summed E-state index contributed by atoms with van der Waals surface area (Å²) in [6.07, 6.45) is 1.96. The van der Waals surface area contributed by atoms with Crippen LogP contribution in [-0.2, 0) is 20.7 Å². The Labute approximate surface area is 113 Å². The third-order valence-corrected chi connectivity index (χ3v) is 3.83. The van der Waals surface area contributed by atoms with Crippen LogP contribution in [-0.4, -0.2) is 32.3 Å². The van der Waals surface area contributed by atoms with E-state index in [1.54, 1.807) is 0 Å². The van der Waals surface area contributed by atoms with Gasteiger partial charge in [0.15, 0.2) is 0 Å². The van der Waals surface area contributed by atoms with Crippen molar-refractivity contribution in [2.45, 2.75) is 18.9 Å². The maximum atomic E-state index is 12.2. The van der Waals surface area contributed by atoms with Gasteiger partial charge in [-0.05, 0) is 24.0 Å². The lowest BCUT2D eigenvalue weighted by Crippen LogP contribution is -2.36. The molecule has 0 aromatic heterocycles. The summed E-state index contributed by atoms with van der Waals surface area (Å²) < 4.78 is 10.7. The van der Waals surface area contributed by atoms with E-state index in [4.69, 9.17) is 9.47 Å². The molecule has 102 valence electrons. The average Bonchev–Trinajstić information content (AvgIpc) is 2.97. The number of benzene rings is 1. The van der Waals surface area contributed by atoms with Gasteiger partial charge < -0.3 is 14.8 Å². The Bertz CT molecular complexity index is 454. The fourth-order valence-corrected chi connectivity index (χ4v) is 2.71. The first-order valence-electron chi connectivity index (χ1n) is 6.90. The molecule has 4 nitrogen and oxygen atoms in total. The van der Waals surface area contributed by atoms with Gasteiger partial charge in [0.1, 0.15) is 6.04 Å². The molecule has 0 radical (unpaired) electrons. The van der Waals surface area contributed by atoms with Gasteiger partial charge in [-0.3, -0.25) is 0 Å². The van der Waals surface area contributed by atoms with E-state index in [-0.39, 0.29) is 12.0 Å². The molecule has 2 aliphatic rings. The average molecular weight is 261 g/mol. The van der Waals surface area contributed by atoms with Gasteiger partial charge in [0.25, 0.3) is 0 Å². The molecule has 3 rings (SSSR count). The highest BCUT2D eigenvalue weighted by molar-refractivity contribution is 5.78. The smallest absolute Gasteiger partial charge is 0.327 e. The highest BCUT2D eigenvalue weighted by atomic mass is 16.5. The third kappa shape index (κ3) is 2.80. The molecule has 4 heteroatoms. The molecule has 2 unspecified atom stereocenters. The molecule has 0 spiro atoms. The predicted molar refractivity (Wildman–Crippen MR) is 70.8 cm³/mol. The molecular weight excluding hydrogens is 242 g/mol. The molecule has 0 bridgehead atoms. The number of ether oxygens (including phenoxy) is 2. The number of carbonyl (C=O) groups excluding carboxylic acids is 1. The van der Waals surface area contributed by atoms with Crippen molar-refractivity contribution in [2.75, 3.05) is 26.4 Å². The summed E-state index contributed by atoms with van der Waals surface area (Å²) in [6.45, 7) is 2.79. The van der Waals surface area contributed by atoms with Crippen molar-refractivity contribution in [2.24, 2.45) is 5.92 Å². The second kappa shape index (κ2) is 5.72. The number of rotatable bonds is 3. The van der Waals surface area contributed by atoms with Crippen molar-refractivity contribution in [3.05, 3.63) is 35.4 Å². The van der Waals surface area contributed by atoms with Crippen LogP contribution >= 0.6 is 0 Å². The van der Waals surface area contributed by atoms with E-state index < -0.39 is 0 Å². The maximum Gasteiger partial charge on any atom is 0.327 e. The molecule has 1 aromatic rings. The lowest BCUT2D eigenvalue weighted by Gasteiger charge is -2.25. The monoisotopic (exact) mass is 261 g/mol. The molecule has 2 atom stereocenters. The fraction of sp³-hybridized carbons (Fsp3) is 0.533. The standard InChI is InChI=1S/C15H19NO3/c17-15(19-10-11-6-8-18-9-11)14-13-4-2-1-3-12(13)5-7-16-14/h1-4,11,14,16H,5-10H2.